The van der Waals surface area contributed by atoms with Crippen molar-refractivity contribution in [1.82, 2.24) is 0 Å². The molecule has 202 valence electrons. The molecule has 5 rings (SSSR count). The summed E-state index contributed by atoms with van der Waals surface area (Å²) in [5, 5.41) is 4.34. The number of hydrogen-bond acceptors (Lipinski definition) is 3. The topological polar surface area (TPSA) is 60.7 Å². The van der Waals surface area contributed by atoms with Crippen LogP contribution in [0.2, 0.25) is 0 Å². The van der Waals surface area contributed by atoms with Crippen LogP contribution in [0.3, 0.4) is 0 Å². The van der Waals surface area contributed by atoms with Crippen molar-refractivity contribution in [2.45, 2.75) is 59.3 Å². The van der Waals surface area contributed by atoms with E-state index in [9.17, 15) is 14.7 Å². The van der Waals surface area contributed by atoms with Gasteiger partial charge in [-0.05, 0) is 0 Å². The van der Waals surface area contributed by atoms with Crippen LogP contribution in [0.15, 0.2) is 91.0 Å². The number of benzene rings is 5. The second-order valence-electron chi connectivity index (χ2n) is 12.9. The van der Waals surface area contributed by atoms with E-state index >= 15 is 0 Å². The van der Waals surface area contributed by atoms with Crippen LogP contribution in [0.4, 0.5) is 0 Å². The number of fused-ring (bicyclic) bond motifs is 2. The molecule has 0 heterocycles. The van der Waals surface area contributed by atoms with Crippen LogP contribution in [0, 0.1) is 6.92 Å². The summed E-state index contributed by atoms with van der Waals surface area (Å²) in [5.74, 6) is 0. The Kier molecular flexibility index (Phi) is 6.33. The Hall–Kier alpha value is -3.07. The van der Waals surface area contributed by atoms with Gasteiger partial charge in [0, 0.05) is 0 Å². The maximum atomic E-state index is 12.0. The zero-order chi connectivity index (χ0) is 28.4. The Labute approximate surface area is 232 Å². The van der Waals surface area contributed by atoms with Gasteiger partial charge in [0.2, 0.25) is 0 Å². The predicted octanol–water partition coefficient (Wildman–Crippen LogP) is 7.79. The molecule has 5 aromatic carbocycles. The zero-order valence-electron chi connectivity index (χ0n) is 23.9. The number of rotatable bonds is 3. The van der Waals surface area contributed by atoms with E-state index in [-0.39, 0.29) is 21.4 Å². The van der Waals surface area contributed by atoms with Crippen LogP contribution in [0.5, 0.6) is 0 Å². The molecule has 0 saturated heterocycles. The number of hydrogen-bond donors (Lipinski definition) is 3. The molecule has 0 spiro atoms. The van der Waals surface area contributed by atoms with E-state index < -0.39 is 7.28 Å². The molecule has 39 heavy (non-hydrogen) atoms. The van der Waals surface area contributed by atoms with Crippen molar-refractivity contribution in [3.8, 4) is 11.1 Å². The molecule has 0 atom stereocenters. The van der Waals surface area contributed by atoms with E-state index in [1.54, 1.807) is 12.1 Å². The molecular formula is C35H39O3P. The van der Waals surface area contributed by atoms with E-state index in [0.29, 0.717) is 11.1 Å². The first-order chi connectivity index (χ1) is 18.0. The molecule has 0 aliphatic carbocycles. The molecule has 5 aromatic rings. The van der Waals surface area contributed by atoms with Crippen molar-refractivity contribution in [2.24, 2.45) is 0 Å². The summed E-state index contributed by atoms with van der Waals surface area (Å²) < 4.78 is 0. The summed E-state index contributed by atoms with van der Waals surface area (Å²) in [7, 11) is -5.53. The SMILES string of the molecule is Cc1cccc(-c2cc3ccc(C(C)(C)C)cc3cc2C(C)(C)C)c1P(O)(O)(O)c1ccc2ccccc2c1. The molecule has 3 nitrogen and oxygen atoms in total. The summed E-state index contributed by atoms with van der Waals surface area (Å²) in [4.78, 5) is 35.9. The van der Waals surface area contributed by atoms with Gasteiger partial charge in [0.25, 0.3) is 0 Å². The first-order valence-corrected chi connectivity index (χ1v) is 15.6. The standard InChI is InChI=1S/C35H39O3P/c1-23-11-10-14-30(33(23)39(36,37,38)29-18-16-24-12-8-9-13-25(24)20-29)31-21-26-15-17-28(34(2,3)4)19-27(26)22-32(31)35(5,6)7/h8-22,36-38H,1-7H3. The average Bonchev–Trinajstić information content (AvgIpc) is 2.85. The second-order valence-corrected chi connectivity index (χ2v) is 15.9. The Morgan fingerprint density at radius 3 is 1.85 bits per heavy atom. The minimum atomic E-state index is -5.53. The van der Waals surface area contributed by atoms with Crippen LogP contribution in [-0.4, -0.2) is 14.7 Å². The third-order valence-electron chi connectivity index (χ3n) is 7.80. The van der Waals surface area contributed by atoms with Crippen molar-refractivity contribution in [2.75, 3.05) is 0 Å². The van der Waals surface area contributed by atoms with E-state index in [1.807, 2.05) is 55.5 Å². The van der Waals surface area contributed by atoms with Gasteiger partial charge in [-0.2, -0.15) is 0 Å². The number of aryl methyl sites for hydroxylation is 1. The Morgan fingerprint density at radius 1 is 0.538 bits per heavy atom. The van der Waals surface area contributed by atoms with Crippen LogP contribution in [0.1, 0.15) is 58.2 Å². The van der Waals surface area contributed by atoms with Crippen molar-refractivity contribution in [1.29, 1.82) is 0 Å². The molecule has 4 heteroatoms. The first kappa shape index (κ1) is 27.5. The summed E-state index contributed by atoms with van der Waals surface area (Å²) in [6.45, 7) is 15.0. The zero-order valence-corrected chi connectivity index (χ0v) is 24.8. The van der Waals surface area contributed by atoms with Crippen LogP contribution < -0.4 is 10.6 Å². The van der Waals surface area contributed by atoms with Crippen LogP contribution in [-0.2, 0) is 10.8 Å². The summed E-state index contributed by atoms with van der Waals surface area (Å²) in [6.07, 6.45) is 0. The normalized spacial score (nSPS) is 13.9. The fourth-order valence-corrected chi connectivity index (χ4v) is 7.94. The Morgan fingerprint density at radius 2 is 1.18 bits per heavy atom. The predicted molar refractivity (Wildman–Crippen MR) is 168 cm³/mol. The fourth-order valence-electron chi connectivity index (χ4n) is 5.59. The molecule has 0 saturated carbocycles. The van der Waals surface area contributed by atoms with E-state index in [2.05, 4.69) is 71.9 Å². The summed E-state index contributed by atoms with van der Waals surface area (Å²) in [6, 6.07) is 29.5. The van der Waals surface area contributed by atoms with Gasteiger partial charge in [-0.25, -0.2) is 0 Å². The molecule has 0 unspecified atom stereocenters. The minimum absolute atomic E-state index is 0.0280. The third kappa shape index (κ3) is 4.90. The van der Waals surface area contributed by atoms with Crippen molar-refractivity contribution < 1.29 is 14.7 Å². The maximum absolute atomic E-state index is 12.0. The van der Waals surface area contributed by atoms with E-state index in [1.165, 1.54) is 5.56 Å². The van der Waals surface area contributed by atoms with Gasteiger partial charge in [-0.15, -0.1) is 0 Å². The van der Waals surface area contributed by atoms with Crippen LogP contribution in [0.25, 0.3) is 32.7 Å². The fraction of sp³-hybridized carbons (Fsp3) is 0.257. The van der Waals surface area contributed by atoms with Gasteiger partial charge in [0.1, 0.15) is 0 Å². The Bertz CT molecular complexity index is 1730. The molecule has 0 radical (unpaired) electrons. The first-order valence-electron chi connectivity index (χ1n) is 13.5. The summed E-state index contributed by atoms with van der Waals surface area (Å²) >= 11 is 0. The molecule has 0 aliphatic rings. The van der Waals surface area contributed by atoms with Gasteiger partial charge in [-0.3, -0.25) is 0 Å². The monoisotopic (exact) mass is 538 g/mol. The van der Waals surface area contributed by atoms with Gasteiger partial charge >= 0.3 is 232 Å². The molecular weight excluding hydrogens is 499 g/mol. The molecule has 3 N–H and O–H groups in total. The molecule has 0 aromatic heterocycles. The van der Waals surface area contributed by atoms with Gasteiger partial charge < -0.3 is 0 Å². The van der Waals surface area contributed by atoms with Gasteiger partial charge in [0.05, 0.1) is 0 Å². The molecule has 0 aliphatic heterocycles. The molecule has 0 fully saturated rings. The average molecular weight is 539 g/mol. The molecule has 0 amide bonds. The second kappa shape index (κ2) is 8.98. The van der Waals surface area contributed by atoms with Crippen molar-refractivity contribution >= 4 is 39.4 Å². The van der Waals surface area contributed by atoms with Gasteiger partial charge in [0.15, 0.2) is 0 Å². The van der Waals surface area contributed by atoms with E-state index in [4.69, 9.17) is 0 Å². The Balaban J connectivity index is 1.81. The quantitative estimate of drug-likeness (QED) is 0.206. The third-order valence-corrected chi connectivity index (χ3v) is 10.4. The molecule has 0 bridgehead atoms. The van der Waals surface area contributed by atoms with Crippen LogP contribution >= 0.6 is 7.28 Å². The van der Waals surface area contributed by atoms with Gasteiger partial charge in [-0.1, -0.05) is 0 Å². The van der Waals surface area contributed by atoms with Crippen molar-refractivity contribution in [3.63, 3.8) is 0 Å². The van der Waals surface area contributed by atoms with E-state index in [0.717, 1.165) is 32.7 Å². The van der Waals surface area contributed by atoms with Crippen molar-refractivity contribution in [3.05, 3.63) is 108 Å². The summed E-state index contributed by atoms with van der Waals surface area (Å²) in [5.41, 5.74) is 4.31.